The highest BCUT2D eigenvalue weighted by Crippen LogP contribution is 2.20. The SMILES string of the molecule is Cc1cccc(OCCC(C#N)c2ccc(F)cc2)c1. The second kappa shape index (κ2) is 6.72. The van der Waals surface area contributed by atoms with E-state index in [1.54, 1.807) is 12.1 Å². The van der Waals surface area contributed by atoms with E-state index in [1.807, 2.05) is 31.2 Å². The molecule has 20 heavy (non-hydrogen) atoms. The molecule has 2 nitrogen and oxygen atoms in total. The lowest BCUT2D eigenvalue weighted by atomic mass is 9.98. The topological polar surface area (TPSA) is 33.0 Å². The van der Waals surface area contributed by atoms with E-state index in [0.717, 1.165) is 16.9 Å². The van der Waals surface area contributed by atoms with Gasteiger partial charge in [-0.1, -0.05) is 24.3 Å². The zero-order valence-corrected chi connectivity index (χ0v) is 11.3. The Bertz CT molecular complexity index is 601. The maximum atomic E-state index is 12.9. The van der Waals surface area contributed by atoms with Crippen LogP contribution in [0.1, 0.15) is 23.5 Å². The number of benzene rings is 2. The summed E-state index contributed by atoms with van der Waals surface area (Å²) in [5, 5.41) is 9.19. The summed E-state index contributed by atoms with van der Waals surface area (Å²) in [6.45, 7) is 2.46. The predicted molar refractivity (Wildman–Crippen MR) is 76.0 cm³/mol. The van der Waals surface area contributed by atoms with Crippen molar-refractivity contribution in [3.8, 4) is 11.8 Å². The molecular formula is C17H16FNO. The molecule has 0 aliphatic heterocycles. The summed E-state index contributed by atoms with van der Waals surface area (Å²) in [7, 11) is 0. The van der Waals surface area contributed by atoms with Gasteiger partial charge in [0.2, 0.25) is 0 Å². The maximum Gasteiger partial charge on any atom is 0.123 e. The van der Waals surface area contributed by atoms with Crippen LogP contribution in [0, 0.1) is 24.1 Å². The Labute approximate surface area is 118 Å². The molecule has 2 aromatic carbocycles. The fourth-order valence-electron chi connectivity index (χ4n) is 2.00. The van der Waals surface area contributed by atoms with Crippen LogP contribution in [0.3, 0.4) is 0 Å². The average Bonchev–Trinajstić information content (AvgIpc) is 2.45. The summed E-state index contributed by atoms with van der Waals surface area (Å²) in [5.41, 5.74) is 1.96. The summed E-state index contributed by atoms with van der Waals surface area (Å²) in [6.07, 6.45) is 0.579. The first-order valence-electron chi connectivity index (χ1n) is 6.53. The minimum Gasteiger partial charge on any atom is -0.494 e. The van der Waals surface area contributed by atoms with Gasteiger partial charge in [-0.2, -0.15) is 5.26 Å². The molecule has 0 aliphatic carbocycles. The van der Waals surface area contributed by atoms with Crippen molar-refractivity contribution < 1.29 is 9.13 Å². The van der Waals surface area contributed by atoms with Crippen LogP contribution in [-0.4, -0.2) is 6.61 Å². The molecule has 0 heterocycles. The van der Waals surface area contributed by atoms with Gasteiger partial charge in [0.15, 0.2) is 0 Å². The third kappa shape index (κ3) is 3.83. The van der Waals surface area contributed by atoms with E-state index in [1.165, 1.54) is 12.1 Å². The molecule has 0 fully saturated rings. The first-order valence-corrected chi connectivity index (χ1v) is 6.53. The fourth-order valence-corrected chi connectivity index (χ4v) is 2.00. The molecule has 0 N–H and O–H groups in total. The highest BCUT2D eigenvalue weighted by molar-refractivity contribution is 5.28. The average molecular weight is 269 g/mol. The van der Waals surface area contributed by atoms with Gasteiger partial charge >= 0.3 is 0 Å². The van der Waals surface area contributed by atoms with Gasteiger partial charge in [-0.05, 0) is 42.3 Å². The first kappa shape index (κ1) is 14.1. The number of ether oxygens (including phenoxy) is 1. The van der Waals surface area contributed by atoms with Crippen molar-refractivity contribution in [3.63, 3.8) is 0 Å². The van der Waals surface area contributed by atoms with E-state index in [0.29, 0.717) is 13.0 Å². The summed E-state index contributed by atoms with van der Waals surface area (Å²) >= 11 is 0. The van der Waals surface area contributed by atoms with Crippen LogP contribution in [0.4, 0.5) is 4.39 Å². The largest absolute Gasteiger partial charge is 0.494 e. The summed E-state index contributed by atoms with van der Waals surface area (Å²) < 4.78 is 18.5. The lowest BCUT2D eigenvalue weighted by Crippen LogP contribution is -2.04. The van der Waals surface area contributed by atoms with Crippen LogP contribution in [0.2, 0.25) is 0 Å². The van der Waals surface area contributed by atoms with Crippen molar-refractivity contribution in [2.75, 3.05) is 6.61 Å². The van der Waals surface area contributed by atoms with Crippen molar-refractivity contribution in [1.82, 2.24) is 0 Å². The van der Waals surface area contributed by atoms with E-state index in [4.69, 9.17) is 4.74 Å². The lowest BCUT2D eigenvalue weighted by molar-refractivity contribution is 0.306. The number of aryl methyl sites for hydroxylation is 1. The van der Waals surface area contributed by atoms with E-state index in [-0.39, 0.29) is 11.7 Å². The van der Waals surface area contributed by atoms with Crippen LogP contribution in [0.25, 0.3) is 0 Å². The molecule has 2 rings (SSSR count). The number of nitrogens with zero attached hydrogens (tertiary/aromatic N) is 1. The first-order chi connectivity index (χ1) is 9.69. The lowest BCUT2D eigenvalue weighted by Gasteiger charge is -2.11. The van der Waals surface area contributed by atoms with Gasteiger partial charge in [0.1, 0.15) is 11.6 Å². The highest BCUT2D eigenvalue weighted by Gasteiger charge is 2.10. The Hall–Kier alpha value is -2.34. The van der Waals surface area contributed by atoms with Crippen LogP contribution >= 0.6 is 0 Å². The molecule has 0 saturated heterocycles. The number of halogens is 1. The molecule has 0 radical (unpaired) electrons. The van der Waals surface area contributed by atoms with Crippen molar-refractivity contribution >= 4 is 0 Å². The quantitative estimate of drug-likeness (QED) is 0.814. The van der Waals surface area contributed by atoms with Crippen molar-refractivity contribution in [2.24, 2.45) is 0 Å². The van der Waals surface area contributed by atoms with Crippen LogP contribution < -0.4 is 4.74 Å². The van der Waals surface area contributed by atoms with Gasteiger partial charge < -0.3 is 4.74 Å². The molecule has 1 atom stereocenters. The Morgan fingerprint density at radius 3 is 2.60 bits per heavy atom. The second-order valence-electron chi connectivity index (χ2n) is 4.69. The van der Waals surface area contributed by atoms with Crippen molar-refractivity contribution in [3.05, 3.63) is 65.5 Å². The minimum absolute atomic E-state index is 0.277. The molecule has 0 spiro atoms. The number of rotatable bonds is 5. The van der Waals surface area contributed by atoms with Crippen LogP contribution in [-0.2, 0) is 0 Å². The van der Waals surface area contributed by atoms with Gasteiger partial charge in [-0.3, -0.25) is 0 Å². The highest BCUT2D eigenvalue weighted by atomic mass is 19.1. The van der Waals surface area contributed by atoms with Gasteiger partial charge in [0.25, 0.3) is 0 Å². The molecule has 0 bridgehead atoms. The monoisotopic (exact) mass is 269 g/mol. The molecule has 0 aromatic heterocycles. The number of hydrogen-bond acceptors (Lipinski definition) is 2. The van der Waals surface area contributed by atoms with E-state index in [9.17, 15) is 9.65 Å². The molecule has 0 aliphatic rings. The van der Waals surface area contributed by atoms with Crippen LogP contribution in [0.5, 0.6) is 5.75 Å². The molecule has 102 valence electrons. The van der Waals surface area contributed by atoms with Gasteiger partial charge in [-0.15, -0.1) is 0 Å². The smallest absolute Gasteiger partial charge is 0.123 e. The molecule has 0 amide bonds. The minimum atomic E-state index is -0.290. The molecule has 2 aromatic rings. The second-order valence-corrected chi connectivity index (χ2v) is 4.69. The summed E-state index contributed by atoms with van der Waals surface area (Å²) in [4.78, 5) is 0. The number of hydrogen-bond donors (Lipinski definition) is 0. The molecule has 1 unspecified atom stereocenters. The van der Waals surface area contributed by atoms with Gasteiger partial charge in [-0.25, -0.2) is 4.39 Å². The van der Waals surface area contributed by atoms with Crippen molar-refractivity contribution in [2.45, 2.75) is 19.3 Å². The van der Waals surface area contributed by atoms with Gasteiger partial charge in [0.05, 0.1) is 18.6 Å². The van der Waals surface area contributed by atoms with Crippen LogP contribution in [0.15, 0.2) is 48.5 Å². The zero-order chi connectivity index (χ0) is 14.4. The Morgan fingerprint density at radius 2 is 1.95 bits per heavy atom. The Kier molecular flexibility index (Phi) is 4.73. The third-order valence-corrected chi connectivity index (χ3v) is 3.09. The van der Waals surface area contributed by atoms with Crippen molar-refractivity contribution in [1.29, 1.82) is 5.26 Å². The predicted octanol–water partition coefficient (Wildman–Crippen LogP) is 4.21. The normalized spacial score (nSPS) is 11.7. The fraction of sp³-hybridized carbons (Fsp3) is 0.235. The molecule has 0 saturated carbocycles. The van der Waals surface area contributed by atoms with E-state index >= 15 is 0 Å². The Morgan fingerprint density at radius 1 is 1.20 bits per heavy atom. The Balaban J connectivity index is 1.92. The molecular weight excluding hydrogens is 253 g/mol. The summed E-state index contributed by atoms with van der Waals surface area (Å²) in [5.74, 6) is 0.239. The number of nitriles is 1. The van der Waals surface area contributed by atoms with Gasteiger partial charge in [0, 0.05) is 6.42 Å². The van der Waals surface area contributed by atoms with E-state index in [2.05, 4.69) is 6.07 Å². The summed E-state index contributed by atoms with van der Waals surface area (Å²) in [6, 6.07) is 16.1. The van der Waals surface area contributed by atoms with E-state index < -0.39 is 0 Å². The standard InChI is InChI=1S/C17H16FNO/c1-13-3-2-4-17(11-13)20-10-9-15(12-19)14-5-7-16(18)8-6-14/h2-8,11,15H,9-10H2,1H3. The molecule has 3 heteroatoms. The maximum absolute atomic E-state index is 12.9. The zero-order valence-electron chi connectivity index (χ0n) is 11.3. The third-order valence-electron chi connectivity index (χ3n) is 3.09.